The van der Waals surface area contributed by atoms with Crippen molar-refractivity contribution < 1.29 is 19.7 Å². The molecular formula is C22H30O4. The summed E-state index contributed by atoms with van der Waals surface area (Å²) in [6.07, 6.45) is 1.96. The highest BCUT2D eigenvalue weighted by Crippen LogP contribution is 2.55. The quantitative estimate of drug-likeness (QED) is 0.638. The molecule has 0 heterocycles. The Balaban J connectivity index is 1.88. The number of aliphatic hydroxyl groups excluding tert-OH is 2. The summed E-state index contributed by atoms with van der Waals surface area (Å²) in [6.45, 7) is 8.34. The number of rotatable bonds is 4. The summed E-state index contributed by atoms with van der Waals surface area (Å²) in [7, 11) is 0. The molecule has 0 radical (unpaired) electrons. The minimum atomic E-state index is -0.634. The molecule has 0 aromatic heterocycles. The number of fused-ring (bicyclic) bond motifs is 1. The van der Waals surface area contributed by atoms with E-state index in [9.17, 15) is 15.0 Å². The zero-order valence-electron chi connectivity index (χ0n) is 15.7. The van der Waals surface area contributed by atoms with Crippen LogP contribution in [0.1, 0.15) is 49.9 Å². The van der Waals surface area contributed by atoms with Crippen LogP contribution < -0.4 is 0 Å². The number of hydrogen-bond acceptors (Lipinski definition) is 4. The summed E-state index contributed by atoms with van der Waals surface area (Å²) < 4.78 is 5.88. The van der Waals surface area contributed by atoms with Gasteiger partial charge in [0.25, 0.3) is 0 Å². The van der Waals surface area contributed by atoms with Crippen LogP contribution in [-0.4, -0.2) is 35.0 Å². The topological polar surface area (TPSA) is 66.8 Å². The lowest BCUT2D eigenvalue weighted by atomic mass is 9.52. The van der Waals surface area contributed by atoms with Gasteiger partial charge in [0.05, 0.1) is 18.3 Å². The predicted molar refractivity (Wildman–Crippen MR) is 101 cm³/mol. The molecule has 4 heteroatoms. The molecule has 26 heavy (non-hydrogen) atoms. The molecule has 142 valence electrons. The molecule has 2 saturated carbocycles. The van der Waals surface area contributed by atoms with Gasteiger partial charge in [0.1, 0.15) is 6.10 Å². The van der Waals surface area contributed by atoms with Crippen molar-refractivity contribution >= 4 is 5.97 Å². The van der Waals surface area contributed by atoms with Crippen molar-refractivity contribution in [3.05, 3.63) is 48.0 Å². The summed E-state index contributed by atoms with van der Waals surface area (Å²) in [6, 6.07) is 8.94. The molecule has 1 aromatic carbocycles. The Labute approximate surface area is 155 Å². The maximum absolute atomic E-state index is 12.6. The minimum absolute atomic E-state index is 0.106. The number of esters is 1. The molecule has 1 aromatic rings. The third-order valence-electron chi connectivity index (χ3n) is 6.56. The van der Waals surface area contributed by atoms with Crippen LogP contribution in [0.5, 0.6) is 0 Å². The van der Waals surface area contributed by atoms with E-state index < -0.39 is 17.6 Å². The highest BCUT2D eigenvalue weighted by atomic mass is 16.5. The van der Waals surface area contributed by atoms with Gasteiger partial charge >= 0.3 is 5.97 Å². The molecule has 4 nitrogen and oxygen atoms in total. The highest BCUT2D eigenvalue weighted by Gasteiger charge is 2.57. The van der Waals surface area contributed by atoms with Crippen LogP contribution in [-0.2, 0) is 4.74 Å². The monoisotopic (exact) mass is 358 g/mol. The molecule has 0 saturated heterocycles. The van der Waals surface area contributed by atoms with Crippen molar-refractivity contribution in [2.45, 2.75) is 51.7 Å². The van der Waals surface area contributed by atoms with Crippen LogP contribution in [0.25, 0.3) is 0 Å². The molecule has 0 spiro atoms. The molecule has 0 bridgehead atoms. The van der Waals surface area contributed by atoms with Crippen molar-refractivity contribution in [3.8, 4) is 0 Å². The van der Waals surface area contributed by atoms with E-state index in [0.717, 1.165) is 18.4 Å². The molecule has 0 unspecified atom stereocenters. The second-order valence-corrected chi connectivity index (χ2v) is 8.26. The maximum Gasteiger partial charge on any atom is 0.338 e. The van der Waals surface area contributed by atoms with Crippen LogP contribution in [0.15, 0.2) is 42.5 Å². The normalized spacial score (nSPS) is 34.4. The lowest BCUT2D eigenvalue weighted by Crippen LogP contribution is -2.58. The molecule has 5 atom stereocenters. The number of aliphatic hydroxyl groups is 2. The summed E-state index contributed by atoms with van der Waals surface area (Å²) in [5, 5.41) is 21.4. The second-order valence-electron chi connectivity index (χ2n) is 8.26. The van der Waals surface area contributed by atoms with Gasteiger partial charge in [0, 0.05) is 11.3 Å². The SMILES string of the molecule is C=C1CC[C@@H](OC(=O)c2ccccc2)[C@]2(CO)CC[C@@H](C(C)C)[C@@H](O)[C@@H]12. The van der Waals surface area contributed by atoms with Gasteiger partial charge in [0.15, 0.2) is 0 Å². The Morgan fingerprint density at radius 1 is 1.31 bits per heavy atom. The Morgan fingerprint density at radius 3 is 2.62 bits per heavy atom. The van der Waals surface area contributed by atoms with E-state index in [-0.39, 0.29) is 24.4 Å². The van der Waals surface area contributed by atoms with Gasteiger partial charge in [-0.25, -0.2) is 4.79 Å². The molecule has 0 aliphatic heterocycles. The second kappa shape index (κ2) is 7.53. The van der Waals surface area contributed by atoms with E-state index in [4.69, 9.17) is 4.74 Å². The van der Waals surface area contributed by atoms with Crippen molar-refractivity contribution in [3.63, 3.8) is 0 Å². The first-order chi connectivity index (χ1) is 12.4. The molecular weight excluding hydrogens is 328 g/mol. The molecule has 2 aliphatic carbocycles. The largest absolute Gasteiger partial charge is 0.458 e. The van der Waals surface area contributed by atoms with Crippen LogP contribution in [0.4, 0.5) is 0 Å². The maximum atomic E-state index is 12.6. The molecule has 2 N–H and O–H groups in total. The summed E-state index contributed by atoms with van der Waals surface area (Å²) >= 11 is 0. The Bertz CT molecular complexity index is 653. The van der Waals surface area contributed by atoms with Crippen molar-refractivity contribution in [2.24, 2.45) is 23.2 Å². The number of carbonyl (C=O) groups excluding carboxylic acids is 1. The van der Waals surface area contributed by atoms with E-state index in [0.29, 0.717) is 24.3 Å². The Kier molecular flexibility index (Phi) is 5.54. The van der Waals surface area contributed by atoms with Gasteiger partial charge in [-0.05, 0) is 49.7 Å². The summed E-state index contributed by atoms with van der Waals surface area (Å²) in [5.74, 6) is -0.0483. The fourth-order valence-electron chi connectivity index (χ4n) is 5.07. The summed E-state index contributed by atoms with van der Waals surface area (Å²) in [5.41, 5.74) is 0.853. The number of hydrogen-bond donors (Lipinski definition) is 2. The smallest absolute Gasteiger partial charge is 0.338 e. The molecule has 2 fully saturated rings. The molecule has 2 aliphatic rings. The standard InChI is InChI=1S/C22H30O4/c1-14(2)17-11-12-22(13-23)18(10-9-15(3)19(22)20(17)24)26-21(25)16-7-5-4-6-8-16/h4-8,14,17-20,23-24H,3,9-13H2,1-2H3/t17-,18+,19+,20+,22+/m0/s1. The van der Waals surface area contributed by atoms with Gasteiger partial charge in [-0.1, -0.05) is 44.2 Å². The first-order valence-corrected chi connectivity index (χ1v) is 9.63. The lowest BCUT2D eigenvalue weighted by molar-refractivity contribution is -0.151. The number of ether oxygens (including phenoxy) is 1. The average molecular weight is 358 g/mol. The third-order valence-corrected chi connectivity index (χ3v) is 6.56. The van der Waals surface area contributed by atoms with Crippen LogP contribution in [0, 0.1) is 23.2 Å². The summed E-state index contributed by atoms with van der Waals surface area (Å²) in [4.78, 5) is 12.6. The van der Waals surface area contributed by atoms with Crippen molar-refractivity contribution in [1.82, 2.24) is 0 Å². The fourth-order valence-corrected chi connectivity index (χ4v) is 5.07. The van der Waals surface area contributed by atoms with E-state index in [1.54, 1.807) is 12.1 Å². The average Bonchev–Trinajstić information content (AvgIpc) is 2.64. The zero-order chi connectivity index (χ0) is 18.9. The van der Waals surface area contributed by atoms with E-state index >= 15 is 0 Å². The zero-order valence-corrected chi connectivity index (χ0v) is 15.7. The molecule has 0 amide bonds. The first kappa shape index (κ1) is 19.1. The van der Waals surface area contributed by atoms with Gasteiger partial charge in [0.2, 0.25) is 0 Å². The lowest BCUT2D eigenvalue weighted by Gasteiger charge is -2.55. The van der Waals surface area contributed by atoms with Gasteiger partial charge in [-0.15, -0.1) is 0 Å². The van der Waals surface area contributed by atoms with Crippen LogP contribution >= 0.6 is 0 Å². The predicted octanol–water partition coefficient (Wildman–Crippen LogP) is 3.58. The number of benzene rings is 1. The van der Waals surface area contributed by atoms with E-state index in [2.05, 4.69) is 20.4 Å². The first-order valence-electron chi connectivity index (χ1n) is 9.63. The Hall–Kier alpha value is -1.65. The van der Waals surface area contributed by atoms with E-state index in [1.807, 2.05) is 18.2 Å². The van der Waals surface area contributed by atoms with Crippen molar-refractivity contribution in [1.29, 1.82) is 0 Å². The van der Waals surface area contributed by atoms with Crippen LogP contribution in [0.2, 0.25) is 0 Å². The van der Waals surface area contributed by atoms with Gasteiger partial charge in [-0.3, -0.25) is 0 Å². The fraction of sp³-hybridized carbons (Fsp3) is 0.591. The van der Waals surface area contributed by atoms with Gasteiger partial charge in [-0.2, -0.15) is 0 Å². The van der Waals surface area contributed by atoms with Crippen molar-refractivity contribution in [2.75, 3.05) is 6.61 Å². The number of carbonyl (C=O) groups is 1. The molecule has 3 rings (SSSR count). The Morgan fingerprint density at radius 2 is 2.00 bits per heavy atom. The van der Waals surface area contributed by atoms with Gasteiger partial charge < -0.3 is 14.9 Å². The third kappa shape index (κ3) is 3.21. The van der Waals surface area contributed by atoms with Crippen LogP contribution in [0.3, 0.4) is 0 Å². The minimum Gasteiger partial charge on any atom is -0.458 e. The van der Waals surface area contributed by atoms with E-state index in [1.165, 1.54) is 0 Å². The highest BCUT2D eigenvalue weighted by molar-refractivity contribution is 5.89.